The lowest BCUT2D eigenvalue weighted by Crippen LogP contribution is -2.80. The summed E-state index contributed by atoms with van der Waals surface area (Å²) in [5, 5.41) is 13.7. The Morgan fingerprint density at radius 3 is 2.91 bits per heavy atom. The first-order valence-electron chi connectivity index (χ1n) is 7.90. The van der Waals surface area contributed by atoms with Crippen molar-refractivity contribution in [2.75, 3.05) is 5.88 Å². The van der Waals surface area contributed by atoms with E-state index in [0.717, 1.165) is 19.3 Å². The van der Waals surface area contributed by atoms with Crippen molar-refractivity contribution in [3.05, 3.63) is 0 Å². The molecule has 0 spiro atoms. The van der Waals surface area contributed by atoms with Gasteiger partial charge in [-0.2, -0.15) is 0 Å². The van der Waals surface area contributed by atoms with Crippen LogP contribution in [0.5, 0.6) is 0 Å². The fourth-order valence-corrected chi connectivity index (χ4v) is 4.93. The van der Waals surface area contributed by atoms with E-state index in [1.807, 2.05) is 0 Å². The van der Waals surface area contributed by atoms with Crippen molar-refractivity contribution < 1.29 is 24.2 Å². The van der Waals surface area contributed by atoms with Crippen molar-refractivity contribution in [1.29, 1.82) is 0 Å². The van der Waals surface area contributed by atoms with Gasteiger partial charge in [-0.05, 0) is 26.2 Å². The third-order valence-corrected chi connectivity index (χ3v) is 6.25. The number of aliphatic hydroxyl groups excluding tert-OH is 1. The first-order valence-corrected chi connectivity index (χ1v) is 8.44. The van der Waals surface area contributed by atoms with Crippen molar-refractivity contribution in [3.63, 3.8) is 0 Å². The quantitative estimate of drug-likeness (QED) is 0.441. The number of aliphatic hydroxyl groups is 1. The van der Waals surface area contributed by atoms with Gasteiger partial charge in [0.25, 0.3) is 0 Å². The molecular formula is C15H20ClNO5. The Morgan fingerprint density at radius 1 is 1.45 bits per heavy atom. The highest BCUT2D eigenvalue weighted by atomic mass is 35.5. The van der Waals surface area contributed by atoms with E-state index >= 15 is 0 Å². The van der Waals surface area contributed by atoms with Crippen LogP contribution in [0.15, 0.2) is 0 Å². The molecule has 0 unspecified atom stereocenters. The Labute approximate surface area is 133 Å². The summed E-state index contributed by atoms with van der Waals surface area (Å²) in [6.07, 6.45) is 2.39. The minimum absolute atomic E-state index is 0.000228. The summed E-state index contributed by atoms with van der Waals surface area (Å²) in [5.41, 5.74) is -2.38. The lowest BCUT2D eigenvalue weighted by atomic mass is 9.64. The maximum atomic E-state index is 12.3. The van der Waals surface area contributed by atoms with Gasteiger partial charge < -0.3 is 19.9 Å². The van der Waals surface area contributed by atoms with Crippen LogP contribution in [0.2, 0.25) is 0 Å². The van der Waals surface area contributed by atoms with E-state index in [-0.39, 0.29) is 24.0 Å². The third kappa shape index (κ3) is 1.58. The number of hydrogen-bond acceptors (Lipinski definition) is 5. The zero-order chi connectivity index (χ0) is 15.7. The lowest BCUT2D eigenvalue weighted by molar-refractivity contribution is -0.240. The number of esters is 1. The molecule has 1 aliphatic carbocycles. The van der Waals surface area contributed by atoms with Gasteiger partial charge in [0.05, 0.1) is 24.2 Å². The molecule has 7 heteroatoms. The minimum Gasteiger partial charge on any atom is -0.453 e. The zero-order valence-corrected chi connectivity index (χ0v) is 13.1. The molecule has 4 fully saturated rings. The average Bonchev–Trinajstić information content (AvgIpc) is 3.25. The Balaban J connectivity index is 1.66. The number of ether oxygens (including phenoxy) is 2. The van der Waals surface area contributed by atoms with Crippen LogP contribution in [0.25, 0.3) is 0 Å². The summed E-state index contributed by atoms with van der Waals surface area (Å²) in [6, 6.07) is 0. The monoisotopic (exact) mass is 329 g/mol. The van der Waals surface area contributed by atoms with Crippen molar-refractivity contribution in [3.8, 4) is 0 Å². The van der Waals surface area contributed by atoms with Crippen molar-refractivity contribution in [2.45, 2.75) is 62.1 Å². The third-order valence-electron chi connectivity index (χ3n) is 6.03. The number of epoxide rings is 1. The number of alkyl halides is 1. The molecule has 4 rings (SSSR count). The molecule has 0 aromatic heterocycles. The van der Waals surface area contributed by atoms with E-state index in [4.69, 9.17) is 21.1 Å². The van der Waals surface area contributed by atoms with Gasteiger partial charge in [0.15, 0.2) is 5.60 Å². The SMILES string of the molecule is C[C@@]12OC(=O)[C@]1([C@@H](O)[C@H]1CCC[C@@H]3O[C@H]13)NC(=O)[C@@H]2CCCl. The summed E-state index contributed by atoms with van der Waals surface area (Å²) >= 11 is 5.78. The predicted molar refractivity (Wildman–Crippen MR) is 76.2 cm³/mol. The average molecular weight is 330 g/mol. The van der Waals surface area contributed by atoms with Gasteiger partial charge in [0, 0.05) is 11.8 Å². The Bertz CT molecular complexity index is 542. The van der Waals surface area contributed by atoms with E-state index in [0.29, 0.717) is 12.3 Å². The molecule has 3 heterocycles. The smallest absolute Gasteiger partial charge is 0.339 e. The molecule has 6 nitrogen and oxygen atoms in total. The van der Waals surface area contributed by atoms with Crippen LogP contribution in [0.3, 0.4) is 0 Å². The molecule has 3 saturated heterocycles. The maximum Gasteiger partial charge on any atom is 0.339 e. The van der Waals surface area contributed by atoms with E-state index in [2.05, 4.69) is 5.32 Å². The number of rotatable bonds is 4. The van der Waals surface area contributed by atoms with Crippen LogP contribution in [0.4, 0.5) is 0 Å². The van der Waals surface area contributed by atoms with Gasteiger partial charge in [-0.25, -0.2) is 4.79 Å². The Hall–Kier alpha value is -0.850. The minimum atomic E-state index is -1.35. The molecular weight excluding hydrogens is 310 g/mol. The first-order chi connectivity index (χ1) is 10.5. The second kappa shape index (κ2) is 4.58. The number of halogens is 1. The molecule has 0 aromatic rings. The van der Waals surface area contributed by atoms with E-state index in [1.54, 1.807) is 6.92 Å². The number of carbonyl (C=O) groups is 2. The highest BCUT2D eigenvalue weighted by molar-refractivity contribution is 6.18. The van der Waals surface area contributed by atoms with Crippen molar-refractivity contribution in [2.24, 2.45) is 11.8 Å². The van der Waals surface area contributed by atoms with E-state index in [1.165, 1.54) is 0 Å². The van der Waals surface area contributed by atoms with Gasteiger partial charge >= 0.3 is 5.97 Å². The number of fused-ring (bicyclic) bond motifs is 2. The van der Waals surface area contributed by atoms with Crippen LogP contribution in [0.1, 0.15) is 32.6 Å². The highest BCUT2D eigenvalue weighted by Crippen LogP contribution is 2.55. The summed E-state index contributed by atoms with van der Waals surface area (Å²) in [6.45, 7) is 1.72. The topological polar surface area (TPSA) is 88.2 Å². The van der Waals surface area contributed by atoms with E-state index in [9.17, 15) is 14.7 Å². The predicted octanol–water partition coefficient (Wildman–Crippen LogP) is 0.344. The van der Waals surface area contributed by atoms with Crippen molar-refractivity contribution >= 4 is 23.5 Å². The van der Waals surface area contributed by atoms with Gasteiger partial charge in [0.2, 0.25) is 11.4 Å². The summed E-state index contributed by atoms with van der Waals surface area (Å²) in [5.74, 6) is -1.17. The fourth-order valence-electron chi connectivity index (χ4n) is 4.71. The molecule has 22 heavy (non-hydrogen) atoms. The Morgan fingerprint density at radius 2 is 2.23 bits per heavy atom. The van der Waals surface area contributed by atoms with Crippen molar-refractivity contribution in [1.82, 2.24) is 5.32 Å². The normalized spacial score (nSPS) is 50.3. The molecule has 1 amide bonds. The number of amides is 1. The molecule has 3 aliphatic heterocycles. The number of nitrogens with one attached hydrogen (secondary N) is 1. The number of carbonyl (C=O) groups excluding carboxylic acids is 2. The fraction of sp³-hybridized carbons (Fsp3) is 0.867. The molecule has 2 N–H and O–H groups in total. The lowest BCUT2D eigenvalue weighted by Gasteiger charge is -2.54. The van der Waals surface area contributed by atoms with E-state index < -0.39 is 29.1 Å². The maximum absolute atomic E-state index is 12.3. The molecule has 1 saturated carbocycles. The van der Waals surface area contributed by atoms with Crippen LogP contribution < -0.4 is 5.32 Å². The summed E-state index contributed by atoms with van der Waals surface area (Å²) in [7, 11) is 0. The standard InChI is InChI=1S/C15H20ClNO5/c1-14-8(5-6-16)12(19)17-15(14,13(20)22-14)11(18)7-3-2-4-9-10(7)21-9/h7-11,18H,2-6H2,1H3,(H,17,19)/t7-,8-,9-,10+,11-,14-,15-/m0/s1. The molecule has 0 aromatic carbocycles. The summed E-state index contributed by atoms with van der Waals surface area (Å²) in [4.78, 5) is 24.6. The largest absolute Gasteiger partial charge is 0.453 e. The van der Waals surface area contributed by atoms with Crippen LogP contribution >= 0.6 is 11.6 Å². The van der Waals surface area contributed by atoms with Crippen LogP contribution in [-0.4, -0.2) is 52.3 Å². The van der Waals surface area contributed by atoms with Crippen LogP contribution in [-0.2, 0) is 19.1 Å². The highest BCUT2D eigenvalue weighted by Gasteiger charge is 2.80. The molecule has 122 valence electrons. The van der Waals surface area contributed by atoms with Gasteiger partial charge in [-0.15, -0.1) is 11.6 Å². The van der Waals surface area contributed by atoms with Gasteiger partial charge in [-0.1, -0.05) is 6.42 Å². The second-order valence-electron chi connectivity index (χ2n) is 7.00. The second-order valence-corrected chi connectivity index (χ2v) is 7.38. The summed E-state index contributed by atoms with van der Waals surface area (Å²) < 4.78 is 11.0. The molecule has 0 bridgehead atoms. The number of hydrogen-bond donors (Lipinski definition) is 2. The Kier molecular flexibility index (Phi) is 3.07. The van der Waals surface area contributed by atoms with Gasteiger partial charge in [0.1, 0.15) is 0 Å². The molecule has 0 radical (unpaired) electrons. The molecule has 7 atom stereocenters. The first kappa shape index (κ1) is 14.7. The van der Waals surface area contributed by atoms with Gasteiger partial charge in [-0.3, -0.25) is 4.79 Å². The zero-order valence-electron chi connectivity index (χ0n) is 12.4. The van der Waals surface area contributed by atoms with Crippen LogP contribution in [0, 0.1) is 11.8 Å². The molecule has 4 aliphatic rings.